The highest BCUT2D eigenvalue weighted by Crippen LogP contribution is 2.46. The molecule has 124 valence electrons. The zero-order chi connectivity index (χ0) is 16.0. The number of hydrogen-bond donors (Lipinski definition) is 0. The fourth-order valence-electron chi connectivity index (χ4n) is 4.91. The number of carbonyl (C=O) groups is 1. The van der Waals surface area contributed by atoms with Gasteiger partial charge in [0.2, 0.25) is 5.91 Å². The maximum atomic E-state index is 13.3. The number of fused-ring (bicyclic) bond motifs is 2. The Hall–Kier alpha value is -1.07. The standard InChI is InChI=1S/C18H23FN2OS/c1-23-11-16(22)21-10-15(12-2-4-14(19)5-3-12)18-17(21)13-6-8-20(18)9-7-13/h2-5,13,15,17-18H,6-11H2,1H3/t15-,17+,18+/m0/s1. The number of piperidine rings is 3. The number of benzene rings is 1. The van der Waals surface area contributed by atoms with E-state index < -0.39 is 0 Å². The van der Waals surface area contributed by atoms with E-state index in [4.69, 9.17) is 0 Å². The van der Waals surface area contributed by atoms with E-state index in [1.165, 1.54) is 18.4 Å². The van der Waals surface area contributed by atoms with Crippen molar-refractivity contribution >= 4 is 17.7 Å². The number of halogens is 1. The molecule has 4 saturated heterocycles. The summed E-state index contributed by atoms with van der Waals surface area (Å²) in [7, 11) is 0. The Bertz CT molecular complexity index is 585. The number of rotatable bonds is 3. The van der Waals surface area contributed by atoms with E-state index in [0.29, 0.717) is 29.7 Å². The molecule has 4 fully saturated rings. The number of likely N-dealkylation sites (tertiary alicyclic amines) is 1. The molecule has 5 heteroatoms. The Kier molecular flexibility index (Phi) is 4.10. The lowest BCUT2D eigenvalue weighted by Gasteiger charge is -2.51. The van der Waals surface area contributed by atoms with Crippen LogP contribution in [-0.4, -0.2) is 59.4 Å². The molecular weight excluding hydrogens is 311 g/mol. The average molecular weight is 334 g/mol. The molecule has 0 unspecified atom stereocenters. The minimum absolute atomic E-state index is 0.191. The minimum Gasteiger partial charge on any atom is -0.336 e. The van der Waals surface area contributed by atoms with Crippen molar-refractivity contribution in [3.05, 3.63) is 35.6 Å². The lowest BCUT2D eigenvalue weighted by Crippen LogP contribution is -2.60. The Morgan fingerprint density at radius 1 is 1.22 bits per heavy atom. The molecule has 4 aliphatic heterocycles. The number of hydrogen-bond acceptors (Lipinski definition) is 3. The Morgan fingerprint density at radius 3 is 2.57 bits per heavy atom. The van der Waals surface area contributed by atoms with Crippen LogP contribution in [0.1, 0.15) is 24.3 Å². The first-order valence-electron chi connectivity index (χ1n) is 8.47. The van der Waals surface area contributed by atoms with E-state index in [1.54, 1.807) is 23.9 Å². The molecule has 5 rings (SSSR count). The van der Waals surface area contributed by atoms with E-state index in [9.17, 15) is 9.18 Å². The van der Waals surface area contributed by atoms with Gasteiger partial charge in [-0.3, -0.25) is 9.69 Å². The van der Waals surface area contributed by atoms with Crippen LogP contribution in [0.25, 0.3) is 0 Å². The van der Waals surface area contributed by atoms with Crippen LogP contribution < -0.4 is 0 Å². The van der Waals surface area contributed by atoms with Crippen LogP contribution in [0, 0.1) is 11.7 Å². The van der Waals surface area contributed by atoms with Gasteiger partial charge in [-0.15, -0.1) is 0 Å². The summed E-state index contributed by atoms with van der Waals surface area (Å²) in [5.74, 6) is 1.59. The van der Waals surface area contributed by atoms with E-state index in [-0.39, 0.29) is 11.7 Å². The van der Waals surface area contributed by atoms with Gasteiger partial charge in [0.25, 0.3) is 0 Å². The first-order valence-corrected chi connectivity index (χ1v) is 9.86. The largest absolute Gasteiger partial charge is 0.336 e. The summed E-state index contributed by atoms with van der Waals surface area (Å²) in [6.07, 6.45) is 4.40. The summed E-state index contributed by atoms with van der Waals surface area (Å²) >= 11 is 1.60. The van der Waals surface area contributed by atoms with Gasteiger partial charge in [0.1, 0.15) is 5.82 Å². The Labute approximate surface area is 141 Å². The molecule has 3 atom stereocenters. The van der Waals surface area contributed by atoms with E-state index in [0.717, 1.165) is 19.6 Å². The fourth-order valence-corrected chi connectivity index (χ4v) is 5.33. The van der Waals surface area contributed by atoms with Crippen LogP contribution in [0.3, 0.4) is 0 Å². The number of amides is 1. The van der Waals surface area contributed by atoms with Gasteiger partial charge in [-0.2, -0.15) is 11.8 Å². The molecule has 2 bridgehead atoms. The third-order valence-electron chi connectivity index (χ3n) is 5.88. The highest BCUT2D eigenvalue weighted by atomic mass is 32.2. The van der Waals surface area contributed by atoms with Crippen LogP contribution >= 0.6 is 11.8 Å². The smallest absolute Gasteiger partial charge is 0.232 e. The van der Waals surface area contributed by atoms with E-state index in [1.807, 2.05) is 18.4 Å². The molecule has 1 aromatic carbocycles. The third kappa shape index (κ3) is 2.58. The van der Waals surface area contributed by atoms with Crippen LogP contribution in [-0.2, 0) is 4.79 Å². The van der Waals surface area contributed by atoms with Crippen LogP contribution in [0.2, 0.25) is 0 Å². The molecule has 23 heavy (non-hydrogen) atoms. The molecular formula is C18H23FN2OS. The molecule has 1 amide bonds. The molecule has 0 spiro atoms. The van der Waals surface area contributed by atoms with Crippen LogP contribution in [0.5, 0.6) is 0 Å². The molecule has 0 aliphatic carbocycles. The summed E-state index contributed by atoms with van der Waals surface area (Å²) in [6, 6.07) is 7.68. The van der Waals surface area contributed by atoms with Crippen molar-refractivity contribution in [3.63, 3.8) is 0 Å². The normalized spacial score (nSPS) is 35.4. The van der Waals surface area contributed by atoms with Crippen molar-refractivity contribution in [2.24, 2.45) is 5.92 Å². The maximum Gasteiger partial charge on any atom is 0.232 e. The summed E-state index contributed by atoms with van der Waals surface area (Å²) in [4.78, 5) is 17.4. The van der Waals surface area contributed by atoms with Crippen molar-refractivity contribution in [2.75, 3.05) is 31.6 Å². The topological polar surface area (TPSA) is 23.6 Å². The van der Waals surface area contributed by atoms with Crippen molar-refractivity contribution in [1.82, 2.24) is 9.80 Å². The van der Waals surface area contributed by atoms with Crippen molar-refractivity contribution in [2.45, 2.75) is 30.8 Å². The molecule has 3 nitrogen and oxygen atoms in total. The third-order valence-corrected chi connectivity index (χ3v) is 6.42. The van der Waals surface area contributed by atoms with Gasteiger partial charge < -0.3 is 4.90 Å². The zero-order valence-electron chi connectivity index (χ0n) is 13.5. The summed E-state index contributed by atoms with van der Waals surface area (Å²) < 4.78 is 13.3. The predicted octanol–water partition coefficient (Wildman–Crippen LogP) is 2.58. The monoisotopic (exact) mass is 334 g/mol. The predicted molar refractivity (Wildman–Crippen MR) is 91.1 cm³/mol. The fraction of sp³-hybridized carbons (Fsp3) is 0.611. The van der Waals surface area contributed by atoms with Crippen LogP contribution in [0.4, 0.5) is 4.39 Å². The Balaban J connectivity index is 1.67. The second kappa shape index (κ2) is 6.10. The van der Waals surface area contributed by atoms with Crippen molar-refractivity contribution < 1.29 is 9.18 Å². The SMILES string of the molecule is CSCC(=O)N1C[C@@H](c2ccc(F)cc2)[C@@H]2[C@H]1C1CCN2CC1. The maximum absolute atomic E-state index is 13.3. The average Bonchev–Trinajstić information content (AvgIpc) is 3.00. The molecule has 0 aromatic heterocycles. The van der Waals surface area contributed by atoms with E-state index >= 15 is 0 Å². The molecule has 0 radical (unpaired) electrons. The second-order valence-corrected chi connectivity index (χ2v) is 7.86. The second-order valence-electron chi connectivity index (χ2n) is 6.99. The van der Waals surface area contributed by atoms with Gasteiger partial charge in [-0.1, -0.05) is 12.1 Å². The van der Waals surface area contributed by atoms with Gasteiger partial charge in [-0.05, 0) is 55.8 Å². The molecule has 4 aliphatic rings. The first-order chi connectivity index (χ1) is 11.2. The minimum atomic E-state index is -0.191. The highest BCUT2D eigenvalue weighted by Gasteiger charge is 2.54. The van der Waals surface area contributed by atoms with Gasteiger partial charge >= 0.3 is 0 Å². The van der Waals surface area contributed by atoms with Crippen molar-refractivity contribution in [1.29, 1.82) is 0 Å². The van der Waals surface area contributed by atoms with Crippen molar-refractivity contribution in [3.8, 4) is 0 Å². The molecule has 0 saturated carbocycles. The summed E-state index contributed by atoms with van der Waals surface area (Å²) in [5, 5.41) is 0. The summed E-state index contributed by atoms with van der Waals surface area (Å²) in [5.41, 5.74) is 1.17. The Morgan fingerprint density at radius 2 is 1.91 bits per heavy atom. The molecule has 1 aromatic rings. The first kappa shape index (κ1) is 15.5. The zero-order valence-corrected chi connectivity index (χ0v) is 14.3. The number of thioether (sulfide) groups is 1. The molecule has 0 N–H and O–H groups in total. The quantitative estimate of drug-likeness (QED) is 0.849. The number of carbonyl (C=O) groups excluding carboxylic acids is 1. The molecule has 4 heterocycles. The van der Waals surface area contributed by atoms with Gasteiger partial charge in [-0.25, -0.2) is 4.39 Å². The van der Waals surface area contributed by atoms with Crippen LogP contribution in [0.15, 0.2) is 24.3 Å². The van der Waals surface area contributed by atoms with Gasteiger partial charge in [0.15, 0.2) is 0 Å². The highest BCUT2D eigenvalue weighted by molar-refractivity contribution is 7.99. The van der Waals surface area contributed by atoms with E-state index in [2.05, 4.69) is 9.80 Å². The lowest BCUT2D eigenvalue weighted by molar-refractivity contribution is -0.133. The van der Waals surface area contributed by atoms with Gasteiger partial charge in [0, 0.05) is 18.5 Å². The summed E-state index contributed by atoms with van der Waals surface area (Å²) in [6.45, 7) is 3.08. The number of nitrogens with zero attached hydrogens (tertiary/aromatic N) is 2. The van der Waals surface area contributed by atoms with Gasteiger partial charge in [0.05, 0.1) is 11.8 Å². The lowest BCUT2D eigenvalue weighted by atomic mass is 9.75.